The van der Waals surface area contributed by atoms with Gasteiger partial charge in [0.1, 0.15) is 17.2 Å². The van der Waals surface area contributed by atoms with Crippen molar-refractivity contribution in [1.82, 2.24) is 14.9 Å². The zero-order valence-corrected chi connectivity index (χ0v) is 17.1. The summed E-state index contributed by atoms with van der Waals surface area (Å²) >= 11 is 1.57. The summed E-state index contributed by atoms with van der Waals surface area (Å²) in [7, 11) is 0. The second-order valence-electron chi connectivity index (χ2n) is 7.22. The Balaban J connectivity index is 1.33. The van der Waals surface area contributed by atoms with Crippen LogP contribution in [0.1, 0.15) is 29.7 Å². The summed E-state index contributed by atoms with van der Waals surface area (Å²) < 4.78 is 14.2. The van der Waals surface area contributed by atoms with Crippen molar-refractivity contribution in [3.05, 3.63) is 57.2 Å². The number of anilines is 1. The number of rotatable bonds is 6. The first kappa shape index (κ1) is 20.2. The highest BCUT2D eigenvalue weighted by Crippen LogP contribution is 2.33. The van der Waals surface area contributed by atoms with Crippen molar-refractivity contribution < 1.29 is 14.0 Å². The van der Waals surface area contributed by atoms with Crippen LogP contribution in [-0.4, -0.2) is 27.9 Å². The number of carbonyl (C=O) groups excluding carboxylic acids is 2. The van der Waals surface area contributed by atoms with E-state index < -0.39 is 0 Å². The van der Waals surface area contributed by atoms with Gasteiger partial charge in [-0.15, -0.1) is 11.3 Å². The molecule has 2 aromatic heterocycles. The number of carbonyl (C=O) groups is 2. The molecule has 0 fully saturated rings. The molecule has 0 unspecified atom stereocenters. The highest BCUT2D eigenvalue weighted by molar-refractivity contribution is 7.18. The first-order valence-corrected chi connectivity index (χ1v) is 10.6. The average Bonchev–Trinajstić information content (AvgIpc) is 3.11. The van der Waals surface area contributed by atoms with E-state index in [0.717, 1.165) is 36.1 Å². The van der Waals surface area contributed by atoms with Crippen molar-refractivity contribution >= 4 is 39.1 Å². The lowest BCUT2D eigenvalue weighted by atomic mass is 9.97. The number of amides is 2. The molecule has 7 nitrogen and oxygen atoms in total. The van der Waals surface area contributed by atoms with Crippen LogP contribution in [0.3, 0.4) is 0 Å². The van der Waals surface area contributed by atoms with Crippen LogP contribution < -0.4 is 16.2 Å². The number of benzene rings is 1. The molecule has 1 aliphatic carbocycles. The van der Waals surface area contributed by atoms with Gasteiger partial charge in [0.25, 0.3) is 5.56 Å². The summed E-state index contributed by atoms with van der Waals surface area (Å²) in [5.41, 5.74) is 1.38. The van der Waals surface area contributed by atoms with Crippen LogP contribution in [-0.2, 0) is 29.0 Å². The van der Waals surface area contributed by atoms with Crippen LogP contribution in [0.2, 0.25) is 0 Å². The van der Waals surface area contributed by atoms with Gasteiger partial charge in [-0.25, -0.2) is 9.37 Å². The Hall–Kier alpha value is -3.07. The highest BCUT2D eigenvalue weighted by Gasteiger charge is 2.20. The molecule has 0 atom stereocenters. The van der Waals surface area contributed by atoms with Crippen molar-refractivity contribution in [1.29, 1.82) is 0 Å². The van der Waals surface area contributed by atoms with Crippen LogP contribution in [0.15, 0.2) is 35.4 Å². The van der Waals surface area contributed by atoms with Crippen LogP contribution in [0.25, 0.3) is 10.2 Å². The fourth-order valence-electron chi connectivity index (χ4n) is 3.58. The number of hydrogen-bond donors (Lipinski definition) is 2. The second-order valence-corrected chi connectivity index (χ2v) is 8.31. The molecule has 2 heterocycles. The molecule has 0 bridgehead atoms. The molecule has 2 N–H and O–H groups in total. The maximum Gasteiger partial charge on any atom is 0.262 e. The number of fused-ring (bicyclic) bond motifs is 3. The standard InChI is InChI=1S/C21H21FN4O3S/c22-13-5-7-14(8-6-13)25-17(27)9-10-23-18(28)11-26-12-24-20-19(21(26)29)15-3-1-2-4-16(15)30-20/h5-8,12H,1-4,9-11H2,(H,23,28)(H,25,27). The Morgan fingerprint density at radius 2 is 1.90 bits per heavy atom. The molecule has 156 valence electrons. The lowest BCUT2D eigenvalue weighted by Crippen LogP contribution is -2.34. The summed E-state index contributed by atoms with van der Waals surface area (Å²) in [5, 5.41) is 5.91. The molecular formula is C21H21FN4O3S. The molecule has 2 amide bonds. The van der Waals surface area contributed by atoms with E-state index in [9.17, 15) is 18.8 Å². The molecule has 9 heteroatoms. The van der Waals surface area contributed by atoms with E-state index in [0.29, 0.717) is 11.1 Å². The van der Waals surface area contributed by atoms with Gasteiger partial charge in [-0.3, -0.25) is 19.0 Å². The summed E-state index contributed by atoms with van der Waals surface area (Å²) in [6.07, 6.45) is 5.53. The van der Waals surface area contributed by atoms with Crippen LogP contribution in [0.4, 0.5) is 10.1 Å². The van der Waals surface area contributed by atoms with Gasteiger partial charge in [-0.05, 0) is 55.5 Å². The molecule has 4 rings (SSSR count). The maximum absolute atomic E-state index is 12.9. The van der Waals surface area contributed by atoms with Crippen molar-refractivity contribution in [2.45, 2.75) is 38.6 Å². The molecule has 30 heavy (non-hydrogen) atoms. The molecule has 0 radical (unpaired) electrons. The number of aryl methyl sites for hydroxylation is 2. The highest BCUT2D eigenvalue weighted by atomic mass is 32.1. The molecule has 0 aliphatic heterocycles. The summed E-state index contributed by atoms with van der Waals surface area (Å²) in [6.45, 7) is -0.0177. The maximum atomic E-state index is 12.9. The van der Waals surface area contributed by atoms with E-state index in [4.69, 9.17) is 0 Å². The Bertz CT molecular complexity index is 1150. The Morgan fingerprint density at radius 3 is 2.70 bits per heavy atom. The summed E-state index contributed by atoms with van der Waals surface area (Å²) in [5.74, 6) is -1.05. The smallest absolute Gasteiger partial charge is 0.262 e. The van der Waals surface area contributed by atoms with E-state index >= 15 is 0 Å². The third kappa shape index (κ3) is 4.40. The Labute approximate surface area is 175 Å². The minimum Gasteiger partial charge on any atom is -0.354 e. The minimum absolute atomic E-state index is 0.0628. The van der Waals surface area contributed by atoms with E-state index in [-0.39, 0.29) is 42.7 Å². The number of hydrogen-bond acceptors (Lipinski definition) is 5. The quantitative estimate of drug-likeness (QED) is 0.631. The van der Waals surface area contributed by atoms with Gasteiger partial charge in [0.05, 0.1) is 11.7 Å². The second kappa shape index (κ2) is 8.74. The molecule has 0 saturated carbocycles. The fraction of sp³-hybridized carbons (Fsp3) is 0.333. The van der Waals surface area contributed by atoms with Gasteiger partial charge in [0, 0.05) is 23.5 Å². The average molecular weight is 428 g/mol. The minimum atomic E-state index is -0.383. The normalized spacial score (nSPS) is 13.1. The van der Waals surface area contributed by atoms with Crippen LogP contribution in [0, 0.1) is 5.82 Å². The lowest BCUT2D eigenvalue weighted by Gasteiger charge is -2.10. The van der Waals surface area contributed by atoms with Gasteiger partial charge >= 0.3 is 0 Å². The molecule has 1 aromatic carbocycles. The zero-order chi connectivity index (χ0) is 21.1. The third-order valence-corrected chi connectivity index (χ3v) is 6.26. The largest absolute Gasteiger partial charge is 0.354 e. The SMILES string of the molecule is O=C(Cn1cnc2sc3c(c2c1=O)CCCC3)NCCC(=O)Nc1ccc(F)cc1. The predicted octanol–water partition coefficient (Wildman–Crippen LogP) is 2.62. The van der Waals surface area contributed by atoms with E-state index in [2.05, 4.69) is 15.6 Å². The number of thiophene rings is 1. The van der Waals surface area contributed by atoms with Gasteiger partial charge < -0.3 is 10.6 Å². The van der Waals surface area contributed by atoms with Gasteiger partial charge in [-0.1, -0.05) is 0 Å². The monoisotopic (exact) mass is 428 g/mol. The van der Waals surface area contributed by atoms with Crippen LogP contribution in [0.5, 0.6) is 0 Å². The lowest BCUT2D eigenvalue weighted by molar-refractivity contribution is -0.121. The van der Waals surface area contributed by atoms with Gasteiger partial charge in [-0.2, -0.15) is 0 Å². The molecule has 1 aliphatic rings. The van der Waals surface area contributed by atoms with E-state index in [1.807, 2.05) is 0 Å². The topological polar surface area (TPSA) is 93.1 Å². The number of halogens is 1. The van der Waals surface area contributed by atoms with Crippen LogP contribution >= 0.6 is 11.3 Å². The number of aromatic nitrogens is 2. The van der Waals surface area contributed by atoms with Gasteiger partial charge in [0.15, 0.2) is 0 Å². The molecular weight excluding hydrogens is 407 g/mol. The first-order chi connectivity index (χ1) is 14.5. The number of nitrogens with one attached hydrogen (secondary N) is 2. The zero-order valence-electron chi connectivity index (χ0n) is 16.2. The Morgan fingerprint density at radius 1 is 1.13 bits per heavy atom. The first-order valence-electron chi connectivity index (χ1n) is 9.83. The van der Waals surface area contributed by atoms with Crippen molar-refractivity contribution in [2.75, 3.05) is 11.9 Å². The third-order valence-electron chi connectivity index (χ3n) is 5.06. The summed E-state index contributed by atoms with van der Waals surface area (Å²) in [6, 6.07) is 5.43. The predicted molar refractivity (Wildman–Crippen MR) is 113 cm³/mol. The van der Waals surface area contributed by atoms with Crippen molar-refractivity contribution in [3.8, 4) is 0 Å². The van der Waals surface area contributed by atoms with Gasteiger partial charge in [0.2, 0.25) is 11.8 Å². The number of nitrogens with zero attached hydrogens (tertiary/aromatic N) is 2. The molecule has 0 spiro atoms. The van der Waals surface area contributed by atoms with Crippen molar-refractivity contribution in [3.63, 3.8) is 0 Å². The van der Waals surface area contributed by atoms with Crippen molar-refractivity contribution in [2.24, 2.45) is 0 Å². The van der Waals surface area contributed by atoms with E-state index in [1.54, 1.807) is 11.3 Å². The van der Waals surface area contributed by atoms with E-state index in [1.165, 1.54) is 40.0 Å². The molecule has 0 saturated heterocycles. The fourth-order valence-corrected chi connectivity index (χ4v) is 4.80. The Kier molecular flexibility index (Phi) is 5.89. The summed E-state index contributed by atoms with van der Waals surface area (Å²) in [4.78, 5) is 43.4. The molecule has 3 aromatic rings.